The maximum absolute atomic E-state index is 8.34. The molecule has 0 unspecified atom stereocenters. The highest BCUT2D eigenvalue weighted by atomic mass is 15.2. The van der Waals surface area contributed by atoms with Gasteiger partial charge in [0.25, 0.3) is 0 Å². The van der Waals surface area contributed by atoms with Crippen molar-refractivity contribution in [3.63, 3.8) is 0 Å². The number of nitrogens with zero attached hydrogens (tertiary/aromatic N) is 3. The lowest BCUT2D eigenvalue weighted by Crippen LogP contribution is -2.46. The monoisotopic (exact) mass is 196 g/mol. The topological polar surface area (TPSA) is 42.3 Å². The summed E-state index contributed by atoms with van der Waals surface area (Å²) in [7, 11) is 2.17. The fourth-order valence-electron chi connectivity index (χ4n) is 1.58. The second-order valence-electron chi connectivity index (χ2n) is 3.80. The van der Waals surface area contributed by atoms with Crippen molar-refractivity contribution in [2.45, 2.75) is 6.42 Å². The quantitative estimate of drug-likeness (QED) is 0.615. The van der Waals surface area contributed by atoms with Gasteiger partial charge in [-0.05, 0) is 7.05 Å². The van der Waals surface area contributed by atoms with Gasteiger partial charge in [-0.3, -0.25) is 4.90 Å². The molecule has 0 bridgehead atoms. The molecule has 1 rings (SSSR count). The Morgan fingerprint density at radius 3 is 2.57 bits per heavy atom. The standard InChI is InChI=1S/C10H20N4/c1-13-7-9-14(10-8-13)6-5-12-4-2-3-11/h12H,2,4-10H2,1H3. The lowest BCUT2D eigenvalue weighted by molar-refractivity contribution is 0.155. The highest BCUT2D eigenvalue weighted by Crippen LogP contribution is 1.97. The van der Waals surface area contributed by atoms with Crippen LogP contribution in [0.3, 0.4) is 0 Å². The fraction of sp³-hybridized carbons (Fsp3) is 0.900. The van der Waals surface area contributed by atoms with E-state index in [1.165, 1.54) is 26.2 Å². The molecular weight excluding hydrogens is 176 g/mol. The number of hydrogen-bond acceptors (Lipinski definition) is 4. The van der Waals surface area contributed by atoms with Crippen molar-refractivity contribution in [1.29, 1.82) is 5.26 Å². The predicted octanol–water partition coefficient (Wildman–Crippen LogP) is -0.263. The van der Waals surface area contributed by atoms with Crippen LogP contribution >= 0.6 is 0 Å². The lowest BCUT2D eigenvalue weighted by Gasteiger charge is -2.32. The number of likely N-dealkylation sites (N-methyl/N-ethyl adjacent to an activating group) is 1. The summed E-state index contributed by atoms with van der Waals surface area (Å²) >= 11 is 0. The second kappa shape index (κ2) is 6.77. The van der Waals surface area contributed by atoms with Gasteiger partial charge in [-0.15, -0.1) is 0 Å². The molecular formula is C10H20N4. The first kappa shape index (κ1) is 11.4. The smallest absolute Gasteiger partial charge is 0.0635 e. The molecule has 0 saturated carbocycles. The van der Waals surface area contributed by atoms with E-state index in [4.69, 9.17) is 5.26 Å². The third-order valence-corrected chi connectivity index (χ3v) is 2.61. The van der Waals surface area contributed by atoms with Gasteiger partial charge in [0, 0.05) is 52.2 Å². The Labute approximate surface area is 86.5 Å². The molecule has 0 atom stereocenters. The largest absolute Gasteiger partial charge is 0.314 e. The SMILES string of the molecule is CN1CCN(CCNCCC#N)CC1. The van der Waals surface area contributed by atoms with Gasteiger partial charge in [-0.25, -0.2) is 0 Å². The molecule has 0 spiro atoms. The van der Waals surface area contributed by atoms with Crippen LogP contribution in [0.2, 0.25) is 0 Å². The summed E-state index contributed by atoms with van der Waals surface area (Å²) < 4.78 is 0. The first-order valence-electron chi connectivity index (χ1n) is 5.31. The molecule has 80 valence electrons. The first-order chi connectivity index (χ1) is 6.83. The average Bonchev–Trinajstić information content (AvgIpc) is 2.21. The Kier molecular flexibility index (Phi) is 5.53. The van der Waals surface area contributed by atoms with Crippen LogP contribution in [-0.2, 0) is 0 Å². The third-order valence-electron chi connectivity index (χ3n) is 2.61. The predicted molar refractivity (Wildman–Crippen MR) is 57.0 cm³/mol. The summed E-state index contributed by atoms with van der Waals surface area (Å²) in [6, 6.07) is 2.13. The molecule has 0 aliphatic carbocycles. The van der Waals surface area contributed by atoms with E-state index in [1.807, 2.05) is 0 Å². The second-order valence-corrected chi connectivity index (χ2v) is 3.80. The van der Waals surface area contributed by atoms with E-state index in [9.17, 15) is 0 Å². The van der Waals surface area contributed by atoms with E-state index in [1.54, 1.807) is 0 Å². The molecule has 1 fully saturated rings. The zero-order valence-corrected chi connectivity index (χ0v) is 9.00. The number of rotatable bonds is 5. The van der Waals surface area contributed by atoms with Gasteiger partial charge in [0.05, 0.1) is 6.07 Å². The van der Waals surface area contributed by atoms with Crippen LogP contribution in [0.15, 0.2) is 0 Å². The van der Waals surface area contributed by atoms with Crippen molar-refractivity contribution in [2.24, 2.45) is 0 Å². The van der Waals surface area contributed by atoms with E-state index in [0.29, 0.717) is 6.42 Å². The zero-order chi connectivity index (χ0) is 10.2. The minimum Gasteiger partial charge on any atom is -0.314 e. The van der Waals surface area contributed by atoms with E-state index in [2.05, 4.69) is 28.2 Å². The van der Waals surface area contributed by atoms with Gasteiger partial charge in [-0.2, -0.15) is 5.26 Å². The van der Waals surface area contributed by atoms with Crippen molar-refractivity contribution < 1.29 is 0 Å². The Morgan fingerprint density at radius 1 is 1.21 bits per heavy atom. The average molecular weight is 196 g/mol. The van der Waals surface area contributed by atoms with Crippen molar-refractivity contribution in [3.05, 3.63) is 0 Å². The molecule has 1 saturated heterocycles. The maximum Gasteiger partial charge on any atom is 0.0635 e. The lowest BCUT2D eigenvalue weighted by atomic mass is 10.3. The number of nitrogens with one attached hydrogen (secondary N) is 1. The van der Waals surface area contributed by atoms with Crippen LogP contribution in [-0.4, -0.2) is 62.7 Å². The number of hydrogen-bond donors (Lipinski definition) is 1. The van der Waals surface area contributed by atoms with Gasteiger partial charge < -0.3 is 10.2 Å². The van der Waals surface area contributed by atoms with Crippen LogP contribution in [0.25, 0.3) is 0 Å². The highest BCUT2D eigenvalue weighted by molar-refractivity contribution is 4.72. The van der Waals surface area contributed by atoms with Crippen LogP contribution < -0.4 is 5.32 Å². The summed E-state index contributed by atoms with van der Waals surface area (Å²) in [4.78, 5) is 4.83. The number of nitriles is 1. The van der Waals surface area contributed by atoms with Crippen molar-refractivity contribution >= 4 is 0 Å². The van der Waals surface area contributed by atoms with Gasteiger partial charge in [0.15, 0.2) is 0 Å². The van der Waals surface area contributed by atoms with Crippen LogP contribution in [0.5, 0.6) is 0 Å². The van der Waals surface area contributed by atoms with Gasteiger partial charge in [-0.1, -0.05) is 0 Å². The van der Waals surface area contributed by atoms with Gasteiger partial charge in [0.2, 0.25) is 0 Å². The number of piperazine rings is 1. The molecule has 4 nitrogen and oxygen atoms in total. The summed E-state index contributed by atoms with van der Waals surface area (Å²) in [6.07, 6.45) is 0.614. The van der Waals surface area contributed by atoms with Crippen LogP contribution in [0.1, 0.15) is 6.42 Å². The van der Waals surface area contributed by atoms with E-state index < -0.39 is 0 Å². The molecule has 1 N–H and O–H groups in total. The molecule has 4 heteroatoms. The minimum atomic E-state index is 0.614. The molecule has 0 aromatic rings. The molecule has 1 aliphatic rings. The molecule has 0 aromatic heterocycles. The molecule has 0 radical (unpaired) electrons. The van der Waals surface area contributed by atoms with Crippen molar-refractivity contribution in [3.8, 4) is 6.07 Å². The highest BCUT2D eigenvalue weighted by Gasteiger charge is 2.12. The molecule has 0 amide bonds. The minimum absolute atomic E-state index is 0.614. The zero-order valence-electron chi connectivity index (χ0n) is 9.00. The van der Waals surface area contributed by atoms with Crippen molar-refractivity contribution in [2.75, 3.05) is 52.9 Å². The molecule has 1 aliphatic heterocycles. The van der Waals surface area contributed by atoms with E-state index in [0.717, 1.165) is 19.6 Å². The Balaban J connectivity index is 1.94. The molecule has 14 heavy (non-hydrogen) atoms. The molecule has 1 heterocycles. The Hall–Kier alpha value is -0.630. The summed E-state index contributed by atoms with van der Waals surface area (Å²) in [5.41, 5.74) is 0. The van der Waals surface area contributed by atoms with Crippen LogP contribution in [0, 0.1) is 11.3 Å². The van der Waals surface area contributed by atoms with Gasteiger partial charge in [0.1, 0.15) is 0 Å². The van der Waals surface area contributed by atoms with E-state index in [-0.39, 0.29) is 0 Å². The third kappa shape index (κ3) is 4.56. The van der Waals surface area contributed by atoms with E-state index >= 15 is 0 Å². The summed E-state index contributed by atoms with van der Waals surface area (Å²) in [5, 5.41) is 11.6. The Bertz CT molecular complexity index is 179. The molecule has 0 aromatic carbocycles. The van der Waals surface area contributed by atoms with Crippen molar-refractivity contribution in [1.82, 2.24) is 15.1 Å². The summed E-state index contributed by atoms with van der Waals surface area (Å²) in [5.74, 6) is 0. The van der Waals surface area contributed by atoms with Crippen LogP contribution in [0.4, 0.5) is 0 Å². The summed E-state index contributed by atoms with van der Waals surface area (Å²) in [6.45, 7) is 7.65. The van der Waals surface area contributed by atoms with Gasteiger partial charge >= 0.3 is 0 Å². The Morgan fingerprint density at radius 2 is 1.93 bits per heavy atom. The maximum atomic E-state index is 8.34. The fourth-order valence-corrected chi connectivity index (χ4v) is 1.58. The normalized spacial score (nSPS) is 19.4. The first-order valence-corrected chi connectivity index (χ1v) is 5.31.